The van der Waals surface area contributed by atoms with E-state index in [0.717, 1.165) is 31.5 Å². The van der Waals surface area contributed by atoms with Gasteiger partial charge in [0, 0.05) is 6.04 Å². The summed E-state index contributed by atoms with van der Waals surface area (Å²) in [5.74, 6) is 1.01. The number of nitrogen functional groups attached to an aromatic ring is 1. The maximum Gasteiger partial charge on any atom is 0.336 e. The Labute approximate surface area is 143 Å². The van der Waals surface area contributed by atoms with Gasteiger partial charge in [-0.25, -0.2) is 9.50 Å². The Balaban J connectivity index is 1.82. The van der Waals surface area contributed by atoms with Gasteiger partial charge in [-0.05, 0) is 52.0 Å². The van der Waals surface area contributed by atoms with Gasteiger partial charge in [0.1, 0.15) is 0 Å². The minimum Gasteiger partial charge on any atom is -0.459 e. The van der Waals surface area contributed by atoms with E-state index < -0.39 is 0 Å². The Morgan fingerprint density at radius 1 is 1.50 bits per heavy atom. The Morgan fingerprint density at radius 3 is 3.08 bits per heavy atom. The van der Waals surface area contributed by atoms with E-state index in [2.05, 4.69) is 34.2 Å². The molecule has 1 aliphatic heterocycles. The molecule has 0 bridgehead atoms. The Kier molecular flexibility index (Phi) is 5.18. The van der Waals surface area contributed by atoms with Gasteiger partial charge < -0.3 is 15.8 Å². The van der Waals surface area contributed by atoms with Crippen molar-refractivity contribution >= 4 is 11.5 Å². The molecule has 0 spiro atoms. The van der Waals surface area contributed by atoms with Gasteiger partial charge in [0.15, 0.2) is 11.5 Å². The average Bonchev–Trinajstić information content (AvgIpc) is 2.91. The first-order valence-corrected chi connectivity index (χ1v) is 8.97. The van der Waals surface area contributed by atoms with Crippen molar-refractivity contribution in [2.75, 3.05) is 12.3 Å². The normalized spacial score (nSPS) is 22.6. The van der Waals surface area contributed by atoms with Gasteiger partial charge in [0.25, 0.3) is 0 Å². The number of anilines is 1. The van der Waals surface area contributed by atoms with E-state index in [1.165, 1.54) is 12.8 Å². The number of hydrogen-bond acceptors (Lipinski definition) is 6. The zero-order chi connectivity index (χ0) is 17.1. The molecule has 0 amide bonds. The van der Waals surface area contributed by atoms with Crippen LogP contribution in [0.4, 0.5) is 5.82 Å². The lowest BCUT2D eigenvalue weighted by atomic mass is 9.89. The predicted molar refractivity (Wildman–Crippen MR) is 94.1 cm³/mol. The second kappa shape index (κ2) is 7.34. The van der Waals surface area contributed by atoms with Crippen molar-refractivity contribution in [2.45, 2.75) is 65.0 Å². The highest BCUT2D eigenvalue weighted by Gasteiger charge is 2.21. The van der Waals surface area contributed by atoms with E-state index in [-0.39, 0.29) is 6.10 Å². The average molecular weight is 332 g/mol. The summed E-state index contributed by atoms with van der Waals surface area (Å²) in [5.41, 5.74) is 7.74. The third-order valence-electron chi connectivity index (χ3n) is 4.67. The fourth-order valence-corrected chi connectivity index (χ4v) is 3.48. The number of nitrogens with two attached hydrogens (primary N) is 1. The van der Waals surface area contributed by atoms with Crippen LogP contribution in [0.1, 0.15) is 52.1 Å². The van der Waals surface area contributed by atoms with Crippen molar-refractivity contribution in [3.8, 4) is 6.01 Å². The largest absolute Gasteiger partial charge is 0.459 e. The highest BCUT2D eigenvalue weighted by Crippen LogP contribution is 2.23. The quantitative estimate of drug-likeness (QED) is 0.843. The highest BCUT2D eigenvalue weighted by molar-refractivity contribution is 5.59. The highest BCUT2D eigenvalue weighted by atomic mass is 16.5. The molecule has 132 valence electrons. The van der Waals surface area contributed by atoms with E-state index in [9.17, 15) is 0 Å². The molecule has 3 N–H and O–H groups in total. The van der Waals surface area contributed by atoms with Crippen molar-refractivity contribution in [1.29, 1.82) is 0 Å². The number of fused-ring (bicyclic) bond motifs is 1. The minimum atomic E-state index is 0.0732. The number of nitrogens with zero attached hydrogens (tertiary/aromatic N) is 4. The van der Waals surface area contributed by atoms with Crippen molar-refractivity contribution in [3.63, 3.8) is 0 Å². The lowest BCUT2D eigenvalue weighted by molar-refractivity contribution is 0.189. The molecule has 24 heavy (non-hydrogen) atoms. The number of imidazole rings is 1. The molecule has 0 radical (unpaired) electrons. The van der Waals surface area contributed by atoms with Crippen molar-refractivity contribution < 1.29 is 4.74 Å². The van der Waals surface area contributed by atoms with E-state index in [0.29, 0.717) is 29.4 Å². The second-order valence-electron chi connectivity index (χ2n) is 6.93. The fraction of sp³-hybridized carbons (Fsp3) is 0.706. The molecule has 2 aromatic rings. The van der Waals surface area contributed by atoms with E-state index >= 15 is 0 Å². The van der Waals surface area contributed by atoms with Crippen LogP contribution < -0.4 is 15.8 Å². The standard InChI is InChI=1S/C17H28N6O/c1-4-5-12(3)24-17-21-15(18)16-20-10-14(23(16)22-17)9-13-6-7-19-11(2)8-13/h10-13,19H,4-9H2,1-3H3,(H2,18,21,22)/t11?,12-,13?/m0/s1. The fourth-order valence-electron chi connectivity index (χ4n) is 3.48. The number of ether oxygens (including phenoxy) is 1. The lowest BCUT2D eigenvalue weighted by Gasteiger charge is -2.27. The number of nitrogens with one attached hydrogen (secondary N) is 1. The van der Waals surface area contributed by atoms with Crippen LogP contribution in [-0.4, -0.2) is 38.3 Å². The molecular formula is C17H28N6O. The lowest BCUT2D eigenvalue weighted by Crippen LogP contribution is -2.36. The smallest absolute Gasteiger partial charge is 0.336 e. The van der Waals surface area contributed by atoms with Crippen molar-refractivity contribution in [2.24, 2.45) is 5.92 Å². The van der Waals surface area contributed by atoms with Crippen LogP contribution in [0.2, 0.25) is 0 Å². The summed E-state index contributed by atoms with van der Waals surface area (Å²) in [4.78, 5) is 8.65. The van der Waals surface area contributed by atoms with Gasteiger partial charge in [0.05, 0.1) is 18.0 Å². The summed E-state index contributed by atoms with van der Waals surface area (Å²) in [6, 6.07) is 0.898. The molecule has 0 aromatic carbocycles. The molecule has 7 nitrogen and oxygen atoms in total. The molecule has 3 atom stereocenters. The molecule has 1 saturated heterocycles. The van der Waals surface area contributed by atoms with E-state index in [4.69, 9.17) is 10.5 Å². The minimum absolute atomic E-state index is 0.0732. The van der Waals surface area contributed by atoms with Gasteiger partial charge in [0.2, 0.25) is 0 Å². The molecule has 0 saturated carbocycles. The van der Waals surface area contributed by atoms with Crippen LogP contribution >= 0.6 is 0 Å². The van der Waals surface area contributed by atoms with Crippen LogP contribution in [0.15, 0.2) is 6.20 Å². The topological polar surface area (TPSA) is 90.4 Å². The molecule has 2 unspecified atom stereocenters. The van der Waals surface area contributed by atoms with Crippen LogP contribution in [0.5, 0.6) is 6.01 Å². The molecule has 1 fully saturated rings. The zero-order valence-corrected chi connectivity index (χ0v) is 14.8. The Morgan fingerprint density at radius 2 is 2.33 bits per heavy atom. The van der Waals surface area contributed by atoms with Crippen LogP contribution in [0.3, 0.4) is 0 Å². The van der Waals surface area contributed by atoms with Gasteiger partial charge in [-0.1, -0.05) is 13.3 Å². The first-order valence-electron chi connectivity index (χ1n) is 8.97. The third kappa shape index (κ3) is 3.77. The summed E-state index contributed by atoms with van der Waals surface area (Å²) >= 11 is 0. The summed E-state index contributed by atoms with van der Waals surface area (Å²) in [6.45, 7) is 7.47. The number of rotatable bonds is 6. The first kappa shape index (κ1) is 17.0. The van der Waals surface area contributed by atoms with Gasteiger partial charge in [-0.3, -0.25) is 0 Å². The van der Waals surface area contributed by atoms with Gasteiger partial charge in [-0.2, -0.15) is 4.98 Å². The molecule has 7 heteroatoms. The molecular weight excluding hydrogens is 304 g/mol. The monoisotopic (exact) mass is 332 g/mol. The number of piperidine rings is 1. The SMILES string of the molecule is CCC[C@H](C)Oc1nc(N)c2ncc(CC3CCNC(C)C3)n2n1. The summed E-state index contributed by atoms with van der Waals surface area (Å²) in [6.07, 6.45) is 7.26. The summed E-state index contributed by atoms with van der Waals surface area (Å²) < 4.78 is 7.62. The number of aromatic nitrogens is 4. The summed E-state index contributed by atoms with van der Waals surface area (Å²) in [5, 5.41) is 8.02. The first-order chi connectivity index (χ1) is 11.6. The maximum absolute atomic E-state index is 6.05. The Hall–Kier alpha value is -1.89. The number of hydrogen-bond donors (Lipinski definition) is 2. The van der Waals surface area contributed by atoms with E-state index in [1.807, 2.05) is 17.6 Å². The second-order valence-corrected chi connectivity index (χ2v) is 6.93. The van der Waals surface area contributed by atoms with E-state index in [1.54, 1.807) is 0 Å². The van der Waals surface area contributed by atoms with Crippen LogP contribution in [0.25, 0.3) is 5.65 Å². The third-order valence-corrected chi connectivity index (χ3v) is 4.67. The van der Waals surface area contributed by atoms with Gasteiger partial charge >= 0.3 is 6.01 Å². The maximum atomic E-state index is 6.05. The van der Waals surface area contributed by atoms with Crippen molar-refractivity contribution in [3.05, 3.63) is 11.9 Å². The van der Waals surface area contributed by atoms with Crippen LogP contribution in [0, 0.1) is 5.92 Å². The molecule has 3 heterocycles. The molecule has 2 aromatic heterocycles. The molecule has 0 aliphatic carbocycles. The zero-order valence-electron chi connectivity index (χ0n) is 14.8. The molecule has 3 rings (SSSR count). The summed E-state index contributed by atoms with van der Waals surface area (Å²) in [7, 11) is 0. The predicted octanol–water partition coefficient (Wildman–Crippen LogP) is 2.20. The Bertz CT molecular complexity index is 685. The van der Waals surface area contributed by atoms with Gasteiger partial charge in [-0.15, -0.1) is 5.10 Å². The van der Waals surface area contributed by atoms with Crippen molar-refractivity contribution in [1.82, 2.24) is 24.9 Å². The molecule has 1 aliphatic rings. The van der Waals surface area contributed by atoms with Crippen LogP contribution in [-0.2, 0) is 6.42 Å².